The molecule has 8 nitrogen and oxygen atoms in total. The Labute approximate surface area is 112 Å². The maximum absolute atomic E-state index is 11.6. The Morgan fingerprint density at radius 1 is 1.37 bits per heavy atom. The fourth-order valence-electron chi connectivity index (χ4n) is 1.67. The van der Waals surface area contributed by atoms with E-state index in [-0.39, 0.29) is 18.2 Å². The van der Waals surface area contributed by atoms with Crippen molar-refractivity contribution in [3.05, 3.63) is 0 Å². The predicted molar refractivity (Wildman–Crippen MR) is 68.1 cm³/mol. The van der Waals surface area contributed by atoms with E-state index in [0.29, 0.717) is 0 Å². The van der Waals surface area contributed by atoms with Gasteiger partial charge in [-0.3, -0.25) is 0 Å². The lowest BCUT2D eigenvalue weighted by Crippen LogP contribution is -2.57. The summed E-state index contributed by atoms with van der Waals surface area (Å²) in [7, 11) is -2.11. The Bertz CT molecular complexity index is 460. The average molecular weight is 293 g/mol. The highest BCUT2D eigenvalue weighted by Crippen LogP contribution is 2.39. The molecule has 0 heterocycles. The molecular weight excluding hydrogens is 274 g/mol. The lowest BCUT2D eigenvalue weighted by atomic mass is 9.96. The zero-order chi connectivity index (χ0) is 14.7. The van der Waals surface area contributed by atoms with Crippen molar-refractivity contribution >= 4 is 22.0 Å². The lowest BCUT2D eigenvalue weighted by Gasteiger charge is -2.26. The van der Waals surface area contributed by atoms with Gasteiger partial charge < -0.3 is 15.7 Å². The molecule has 0 aliphatic heterocycles. The van der Waals surface area contributed by atoms with Crippen LogP contribution in [0.15, 0.2) is 0 Å². The second-order valence-corrected chi connectivity index (χ2v) is 6.73. The Morgan fingerprint density at radius 3 is 2.37 bits per heavy atom. The molecule has 1 saturated carbocycles. The Balaban J connectivity index is 2.44. The molecule has 0 bridgehead atoms. The molecule has 0 saturated heterocycles. The third kappa shape index (κ3) is 4.35. The monoisotopic (exact) mass is 293 g/mol. The van der Waals surface area contributed by atoms with Crippen molar-refractivity contribution in [1.29, 1.82) is 0 Å². The van der Waals surface area contributed by atoms with Crippen LogP contribution in [0.1, 0.15) is 19.8 Å². The maximum atomic E-state index is 11.6. The average Bonchev–Trinajstić information content (AvgIpc) is 3.12. The lowest BCUT2D eigenvalue weighted by molar-refractivity contribution is -0.144. The quantitative estimate of drug-likeness (QED) is 0.483. The van der Waals surface area contributed by atoms with Gasteiger partial charge in [0.15, 0.2) is 0 Å². The molecule has 0 aromatic carbocycles. The van der Waals surface area contributed by atoms with E-state index in [2.05, 4.69) is 15.4 Å². The van der Waals surface area contributed by atoms with Gasteiger partial charge in [0.2, 0.25) is 10.0 Å². The Morgan fingerprint density at radius 2 is 1.95 bits per heavy atom. The summed E-state index contributed by atoms with van der Waals surface area (Å²) in [6.07, 6.45) is 1.52. The number of carboxylic acid groups (broad SMARTS) is 1. The van der Waals surface area contributed by atoms with E-state index in [1.165, 1.54) is 14.0 Å². The van der Waals surface area contributed by atoms with Crippen molar-refractivity contribution in [1.82, 2.24) is 15.4 Å². The smallest absolute Gasteiger partial charge is 0.329 e. The number of sulfonamides is 1. The fourth-order valence-corrected chi connectivity index (χ4v) is 2.25. The highest BCUT2D eigenvalue weighted by Gasteiger charge is 2.48. The van der Waals surface area contributed by atoms with Gasteiger partial charge in [-0.05, 0) is 32.7 Å². The number of urea groups is 1. The minimum absolute atomic E-state index is 0.0724. The summed E-state index contributed by atoms with van der Waals surface area (Å²) in [6.45, 7) is 1.37. The molecule has 0 spiro atoms. The number of hydrogen-bond donors (Lipinski definition) is 4. The van der Waals surface area contributed by atoms with E-state index in [0.717, 1.165) is 12.8 Å². The number of rotatable bonds is 7. The minimum Gasteiger partial charge on any atom is -0.480 e. The zero-order valence-electron chi connectivity index (χ0n) is 10.9. The molecule has 4 N–H and O–H groups in total. The number of carbonyl (C=O) groups is 2. The topological polar surface area (TPSA) is 125 Å². The molecule has 0 radical (unpaired) electrons. The van der Waals surface area contributed by atoms with E-state index < -0.39 is 27.6 Å². The summed E-state index contributed by atoms with van der Waals surface area (Å²) in [5.41, 5.74) is -1.30. The van der Waals surface area contributed by atoms with Crippen LogP contribution < -0.4 is 15.4 Å². The van der Waals surface area contributed by atoms with E-state index in [4.69, 9.17) is 5.11 Å². The van der Waals surface area contributed by atoms with Gasteiger partial charge in [0.1, 0.15) is 5.54 Å². The van der Waals surface area contributed by atoms with Crippen LogP contribution in [0.4, 0.5) is 4.79 Å². The van der Waals surface area contributed by atoms with Crippen molar-refractivity contribution in [2.75, 3.05) is 19.3 Å². The van der Waals surface area contributed by atoms with Crippen molar-refractivity contribution in [2.45, 2.75) is 25.3 Å². The van der Waals surface area contributed by atoms with E-state index in [9.17, 15) is 18.0 Å². The Kier molecular flexibility index (Phi) is 4.75. The molecule has 1 aliphatic rings. The molecular formula is C10H19N3O5S. The van der Waals surface area contributed by atoms with Crippen LogP contribution in [0.5, 0.6) is 0 Å². The second kappa shape index (κ2) is 5.74. The SMILES string of the molecule is CNS(=O)(=O)CCNC(=O)NC(C)(C(=O)O)C1CC1. The first-order valence-corrected chi connectivity index (χ1v) is 7.57. The summed E-state index contributed by atoms with van der Waals surface area (Å²) < 4.78 is 24.3. The summed E-state index contributed by atoms with van der Waals surface area (Å²) >= 11 is 0. The first kappa shape index (κ1) is 15.7. The molecule has 9 heteroatoms. The molecule has 19 heavy (non-hydrogen) atoms. The predicted octanol–water partition coefficient (Wildman–Crippen LogP) is -0.912. The molecule has 2 amide bonds. The maximum Gasteiger partial charge on any atom is 0.329 e. The molecule has 110 valence electrons. The van der Waals surface area contributed by atoms with E-state index >= 15 is 0 Å². The van der Waals surface area contributed by atoms with Crippen LogP contribution in [-0.4, -0.2) is 50.4 Å². The number of carbonyl (C=O) groups excluding carboxylic acids is 1. The van der Waals surface area contributed by atoms with Gasteiger partial charge in [-0.25, -0.2) is 22.7 Å². The second-order valence-electron chi connectivity index (χ2n) is 4.69. The molecule has 1 unspecified atom stereocenters. The summed E-state index contributed by atoms with van der Waals surface area (Å²) in [5.74, 6) is -1.42. The largest absolute Gasteiger partial charge is 0.480 e. The van der Waals surface area contributed by atoms with E-state index in [1.807, 2.05) is 0 Å². The zero-order valence-corrected chi connectivity index (χ0v) is 11.7. The van der Waals surface area contributed by atoms with Gasteiger partial charge >= 0.3 is 12.0 Å². The number of nitrogens with one attached hydrogen (secondary N) is 3. The minimum atomic E-state index is -3.39. The van der Waals surface area contributed by atoms with Crippen LogP contribution in [0.25, 0.3) is 0 Å². The Hall–Kier alpha value is -1.35. The van der Waals surface area contributed by atoms with Crippen molar-refractivity contribution < 1.29 is 23.1 Å². The number of aliphatic carboxylic acids is 1. The van der Waals surface area contributed by atoms with Crippen LogP contribution >= 0.6 is 0 Å². The fraction of sp³-hybridized carbons (Fsp3) is 0.800. The van der Waals surface area contributed by atoms with Crippen LogP contribution in [0.2, 0.25) is 0 Å². The van der Waals surface area contributed by atoms with Gasteiger partial charge in [-0.1, -0.05) is 0 Å². The highest BCUT2D eigenvalue weighted by atomic mass is 32.2. The van der Waals surface area contributed by atoms with Crippen LogP contribution in [-0.2, 0) is 14.8 Å². The summed E-state index contributed by atoms with van der Waals surface area (Å²) in [4.78, 5) is 22.7. The van der Waals surface area contributed by atoms with E-state index in [1.54, 1.807) is 0 Å². The number of amides is 2. The van der Waals surface area contributed by atoms with Crippen LogP contribution in [0.3, 0.4) is 0 Å². The van der Waals surface area contributed by atoms with Gasteiger partial charge in [0.05, 0.1) is 5.75 Å². The third-order valence-electron chi connectivity index (χ3n) is 3.18. The molecule has 1 aliphatic carbocycles. The van der Waals surface area contributed by atoms with Gasteiger partial charge in [0.25, 0.3) is 0 Å². The van der Waals surface area contributed by atoms with Gasteiger partial charge in [-0.15, -0.1) is 0 Å². The first-order valence-electron chi connectivity index (χ1n) is 5.92. The highest BCUT2D eigenvalue weighted by molar-refractivity contribution is 7.89. The molecule has 1 atom stereocenters. The van der Waals surface area contributed by atoms with Crippen molar-refractivity contribution in [3.8, 4) is 0 Å². The van der Waals surface area contributed by atoms with Gasteiger partial charge in [-0.2, -0.15) is 0 Å². The third-order valence-corrected chi connectivity index (χ3v) is 4.54. The molecule has 1 fully saturated rings. The standard InChI is InChI=1S/C10H19N3O5S/c1-10(8(14)15,7-3-4-7)13-9(16)12-5-6-19(17,18)11-2/h7,11H,3-6H2,1-2H3,(H,14,15)(H2,12,13,16). The van der Waals surface area contributed by atoms with Crippen molar-refractivity contribution in [2.24, 2.45) is 5.92 Å². The summed E-state index contributed by atoms with van der Waals surface area (Å²) in [5, 5.41) is 13.9. The molecule has 1 rings (SSSR count). The number of carboxylic acids is 1. The van der Waals surface area contributed by atoms with Crippen LogP contribution in [0, 0.1) is 5.92 Å². The van der Waals surface area contributed by atoms with Crippen molar-refractivity contribution in [3.63, 3.8) is 0 Å². The van der Waals surface area contributed by atoms with Gasteiger partial charge in [0, 0.05) is 6.54 Å². The molecule has 0 aromatic heterocycles. The number of hydrogen-bond acceptors (Lipinski definition) is 4. The summed E-state index contributed by atoms with van der Waals surface area (Å²) in [6, 6.07) is -0.678. The normalized spacial score (nSPS) is 18.4. The first-order chi connectivity index (χ1) is 8.71. The molecule has 0 aromatic rings.